The van der Waals surface area contributed by atoms with E-state index in [9.17, 15) is 0 Å². The van der Waals surface area contributed by atoms with Crippen molar-refractivity contribution >= 4 is 35.5 Å². The van der Waals surface area contributed by atoms with Crippen LogP contribution in [0.15, 0.2) is 36.4 Å². The fourth-order valence-electron chi connectivity index (χ4n) is 5.50. The van der Waals surface area contributed by atoms with Gasteiger partial charge in [-0.3, -0.25) is 0 Å². The summed E-state index contributed by atoms with van der Waals surface area (Å²) in [5.41, 5.74) is 10.9. The number of fused-ring (bicyclic) bond motifs is 2. The minimum absolute atomic E-state index is 0.0185. The second-order valence-corrected chi connectivity index (χ2v) is 59.5. The first-order valence-electron chi connectivity index (χ1n) is 11.2. The Morgan fingerprint density at radius 1 is 0.767 bits per heavy atom. The molecule has 0 N–H and O–H groups in total. The minimum atomic E-state index is -4.49. The van der Waals surface area contributed by atoms with Crippen LogP contribution in [0.1, 0.15) is 71.6 Å². The van der Waals surface area contributed by atoms with Crippen LogP contribution in [-0.4, -0.2) is 6.22 Å². The van der Waals surface area contributed by atoms with Crippen LogP contribution in [0.3, 0.4) is 0 Å². The molecule has 0 saturated carbocycles. The molecule has 0 fully saturated rings. The van der Waals surface area contributed by atoms with E-state index in [0.717, 1.165) is 0 Å². The number of allylic oxidation sites excluding steroid dienone is 2. The average molecular weight is 622 g/mol. The van der Waals surface area contributed by atoms with Crippen molar-refractivity contribution in [1.29, 1.82) is 0 Å². The molecule has 30 heavy (non-hydrogen) atoms. The van der Waals surface area contributed by atoms with Crippen LogP contribution in [0.2, 0.25) is 6.04 Å². The predicted molar refractivity (Wildman–Crippen MR) is 134 cm³/mol. The second kappa shape index (κ2) is 8.18. The Balaban J connectivity index is 1.98. The number of benzene rings is 2. The van der Waals surface area contributed by atoms with Crippen molar-refractivity contribution in [2.75, 3.05) is 0 Å². The van der Waals surface area contributed by atoms with Crippen molar-refractivity contribution in [3.8, 4) is 0 Å². The Bertz CT molecular complexity index is 1070. The molecular formula is C26H32Cl2HfSi. The zero-order valence-corrected chi connectivity index (χ0v) is 25.0. The number of halogens is 2. The average Bonchev–Trinajstić information content (AvgIpc) is 3.35. The Hall–Kier alpha value is -0.413. The van der Waals surface area contributed by atoms with Crippen LogP contribution >= 0.6 is 17.2 Å². The predicted octanol–water partition coefficient (Wildman–Crippen LogP) is 8.32. The number of unbranched alkanes of at least 4 members (excludes halogenated alkanes) is 1. The van der Waals surface area contributed by atoms with Gasteiger partial charge in [0.05, 0.1) is 0 Å². The van der Waals surface area contributed by atoms with Crippen molar-refractivity contribution < 1.29 is 14.8 Å². The zero-order valence-electron chi connectivity index (χ0n) is 18.7. The van der Waals surface area contributed by atoms with Crippen molar-refractivity contribution in [2.24, 2.45) is 0 Å². The van der Waals surface area contributed by atoms with Gasteiger partial charge in [0.1, 0.15) is 0 Å². The van der Waals surface area contributed by atoms with Gasteiger partial charge in [0.2, 0.25) is 0 Å². The van der Waals surface area contributed by atoms with Gasteiger partial charge in [-0.25, -0.2) is 0 Å². The van der Waals surface area contributed by atoms with Gasteiger partial charge in [0.25, 0.3) is 0 Å². The first-order valence-corrected chi connectivity index (χ1v) is 31.8. The first-order chi connectivity index (χ1) is 14.2. The fraction of sp³-hybridized carbons (Fsp3) is 0.385. The van der Waals surface area contributed by atoms with E-state index in [1.165, 1.54) is 63.4 Å². The molecule has 0 amide bonds. The van der Waals surface area contributed by atoms with E-state index in [1.54, 1.807) is 0 Å². The fourth-order valence-corrected chi connectivity index (χ4v) is 48.1. The molecule has 0 spiro atoms. The molecule has 0 aromatic heterocycles. The summed E-state index contributed by atoms with van der Waals surface area (Å²) in [6.07, 6.45) is 11.8. The Morgan fingerprint density at radius 3 is 1.63 bits per heavy atom. The maximum atomic E-state index is 8.07. The van der Waals surface area contributed by atoms with Crippen LogP contribution in [0.25, 0.3) is 12.2 Å². The van der Waals surface area contributed by atoms with Gasteiger partial charge in [0, 0.05) is 0 Å². The summed E-state index contributed by atoms with van der Waals surface area (Å²) in [6, 6.07) is 10.2. The third kappa shape index (κ3) is 3.51. The molecule has 2 unspecified atom stereocenters. The van der Waals surface area contributed by atoms with E-state index in [2.05, 4.69) is 83.2 Å². The van der Waals surface area contributed by atoms with Gasteiger partial charge in [-0.2, -0.15) is 0 Å². The Labute approximate surface area is 190 Å². The molecule has 0 bridgehead atoms. The summed E-state index contributed by atoms with van der Waals surface area (Å²) in [4.78, 5) is 0. The third-order valence-electron chi connectivity index (χ3n) is 7.26. The zero-order chi connectivity index (χ0) is 21.7. The van der Waals surface area contributed by atoms with Gasteiger partial charge < -0.3 is 0 Å². The van der Waals surface area contributed by atoms with E-state index >= 15 is 0 Å². The molecule has 0 aliphatic heterocycles. The Morgan fingerprint density at radius 2 is 1.20 bits per heavy atom. The van der Waals surface area contributed by atoms with E-state index in [1.807, 2.05) is 0 Å². The molecular weight excluding hydrogens is 590 g/mol. The number of aryl methyl sites for hydroxylation is 4. The van der Waals surface area contributed by atoms with Crippen LogP contribution in [0.5, 0.6) is 0 Å². The van der Waals surface area contributed by atoms with Crippen LogP contribution in [0.4, 0.5) is 0 Å². The molecule has 2 aliphatic carbocycles. The monoisotopic (exact) mass is 622 g/mol. The van der Waals surface area contributed by atoms with Crippen molar-refractivity contribution in [3.63, 3.8) is 0 Å². The molecule has 2 aliphatic rings. The van der Waals surface area contributed by atoms with Crippen molar-refractivity contribution in [3.05, 3.63) is 80.9 Å². The normalized spacial score (nSPS) is 19.9. The van der Waals surface area contributed by atoms with Gasteiger partial charge in [-0.15, -0.1) is 0 Å². The molecule has 2 aromatic rings. The summed E-state index contributed by atoms with van der Waals surface area (Å²) < 4.78 is 0.431. The number of hydrogen-bond acceptors (Lipinski definition) is 0. The third-order valence-corrected chi connectivity index (χ3v) is 53.4. The summed E-state index contributed by atoms with van der Waals surface area (Å²) >= 11 is -4.49. The molecule has 4 rings (SSSR count). The maximum absolute atomic E-state index is 8.07. The molecule has 0 nitrogen and oxygen atoms in total. The SMILES string of the molecule is CCCC[SiH]=[Hf]([Cl])([Cl])([CH]1C=Cc2c(C)ccc(C)c21)[CH]1C=Cc2c(C)ccc(C)c21. The van der Waals surface area contributed by atoms with Crippen molar-refractivity contribution in [2.45, 2.75) is 60.9 Å². The molecule has 158 valence electrons. The first kappa shape index (κ1) is 22.8. The topological polar surface area (TPSA) is 0 Å². The summed E-state index contributed by atoms with van der Waals surface area (Å²) in [5.74, 6) is 0. The summed E-state index contributed by atoms with van der Waals surface area (Å²) in [5, 5.41) is 0. The summed E-state index contributed by atoms with van der Waals surface area (Å²) in [6.45, 7) is 11.2. The Kier molecular flexibility index (Phi) is 6.20. The second-order valence-electron chi connectivity index (χ2n) is 9.30. The van der Waals surface area contributed by atoms with Crippen LogP contribution in [-0.2, 0) is 14.8 Å². The molecule has 4 heteroatoms. The van der Waals surface area contributed by atoms with Crippen LogP contribution in [0, 0.1) is 27.7 Å². The van der Waals surface area contributed by atoms with Gasteiger partial charge in [-0.1, -0.05) is 0 Å². The number of rotatable bonds is 5. The molecule has 0 heterocycles. The van der Waals surface area contributed by atoms with Gasteiger partial charge in [0.15, 0.2) is 0 Å². The molecule has 2 atom stereocenters. The molecule has 0 saturated heterocycles. The summed E-state index contributed by atoms with van der Waals surface area (Å²) in [7, 11) is 16.1. The van der Waals surface area contributed by atoms with E-state index in [0.29, 0.717) is 0 Å². The quantitative estimate of drug-likeness (QED) is 0.233. The molecule has 0 radical (unpaired) electrons. The van der Waals surface area contributed by atoms with Gasteiger partial charge >= 0.3 is 192 Å². The van der Waals surface area contributed by atoms with Crippen molar-refractivity contribution in [1.82, 2.24) is 0 Å². The van der Waals surface area contributed by atoms with E-state index < -0.39 is 14.8 Å². The standard InChI is InChI=1S/2C11H11.C4H10Si.2ClH.Hf/c2*1-8-6-7-9(2)11-5-3-4-10(8)11;1-2-3-4-5;;;/h2*3-7H,1-2H3;5H,2-4H2,1H3;2*1H;/q;;;;;+2/p-2. The number of hydrogen-bond donors (Lipinski definition) is 0. The van der Waals surface area contributed by atoms with E-state index in [4.69, 9.17) is 17.2 Å². The van der Waals surface area contributed by atoms with Gasteiger partial charge in [-0.05, 0) is 0 Å². The van der Waals surface area contributed by atoms with Crippen LogP contribution < -0.4 is 0 Å². The molecule has 2 aromatic carbocycles. The van der Waals surface area contributed by atoms with E-state index in [-0.39, 0.29) is 13.6 Å².